The highest BCUT2D eigenvalue weighted by molar-refractivity contribution is 5.93. The fourth-order valence-electron chi connectivity index (χ4n) is 1.12. The van der Waals surface area contributed by atoms with Crippen LogP contribution in [0.4, 0.5) is 5.82 Å². The second-order valence-corrected chi connectivity index (χ2v) is 3.33. The van der Waals surface area contributed by atoms with Crippen molar-refractivity contribution in [2.24, 2.45) is 0 Å². The molecule has 7 heteroatoms. The number of amides is 1. The number of pyridine rings is 1. The summed E-state index contributed by atoms with van der Waals surface area (Å²) in [5, 5.41) is 11.2. The van der Waals surface area contributed by atoms with Gasteiger partial charge in [-0.25, -0.2) is 9.78 Å². The molecule has 0 aliphatic rings. The van der Waals surface area contributed by atoms with Crippen LogP contribution in [-0.4, -0.2) is 48.9 Å². The second kappa shape index (κ2) is 7.36. The van der Waals surface area contributed by atoms with Crippen LogP contribution in [0.1, 0.15) is 10.4 Å². The van der Waals surface area contributed by atoms with Crippen LogP contribution >= 0.6 is 0 Å². The van der Waals surface area contributed by atoms with Crippen LogP contribution in [0.2, 0.25) is 0 Å². The molecule has 0 atom stereocenters. The number of methoxy groups -OCH3 is 1. The van der Waals surface area contributed by atoms with Crippen LogP contribution in [0.5, 0.6) is 0 Å². The number of ether oxygens (including phenoxy) is 2. The van der Waals surface area contributed by atoms with Crippen molar-refractivity contribution in [3.8, 4) is 0 Å². The van der Waals surface area contributed by atoms with Gasteiger partial charge >= 0.3 is 5.97 Å². The first kappa shape index (κ1) is 14.1. The number of nitrogens with one attached hydrogen (secondary N) is 1. The molecule has 0 spiro atoms. The van der Waals surface area contributed by atoms with Crippen molar-refractivity contribution in [1.82, 2.24) is 4.98 Å². The van der Waals surface area contributed by atoms with Crippen LogP contribution in [-0.2, 0) is 14.3 Å². The number of aromatic carboxylic acids is 1. The summed E-state index contributed by atoms with van der Waals surface area (Å²) in [7, 11) is 1.53. The summed E-state index contributed by atoms with van der Waals surface area (Å²) >= 11 is 0. The molecule has 1 aromatic heterocycles. The lowest BCUT2D eigenvalue weighted by molar-refractivity contribution is -0.121. The molecule has 1 aromatic rings. The van der Waals surface area contributed by atoms with Gasteiger partial charge in [0.2, 0.25) is 0 Å². The van der Waals surface area contributed by atoms with E-state index >= 15 is 0 Å². The van der Waals surface area contributed by atoms with E-state index in [2.05, 4.69) is 10.3 Å². The summed E-state index contributed by atoms with van der Waals surface area (Å²) in [4.78, 5) is 25.9. The van der Waals surface area contributed by atoms with E-state index in [1.807, 2.05) is 0 Å². The first-order valence-electron chi connectivity index (χ1n) is 5.19. The predicted octanol–water partition coefficient (Wildman–Crippen LogP) is 0.381. The summed E-state index contributed by atoms with van der Waals surface area (Å²) < 4.78 is 9.75. The molecule has 0 fully saturated rings. The van der Waals surface area contributed by atoms with Gasteiger partial charge in [-0.1, -0.05) is 0 Å². The Labute approximate surface area is 104 Å². The smallest absolute Gasteiger partial charge is 0.335 e. The third-order valence-electron chi connectivity index (χ3n) is 1.94. The van der Waals surface area contributed by atoms with Gasteiger partial charge in [-0.05, 0) is 12.1 Å². The largest absolute Gasteiger partial charge is 0.478 e. The number of rotatable bonds is 7. The van der Waals surface area contributed by atoms with Crippen LogP contribution in [0.3, 0.4) is 0 Å². The molecule has 0 aliphatic heterocycles. The lowest BCUT2D eigenvalue weighted by Gasteiger charge is -2.05. The minimum Gasteiger partial charge on any atom is -0.478 e. The van der Waals surface area contributed by atoms with Gasteiger partial charge in [0.05, 0.1) is 18.8 Å². The van der Waals surface area contributed by atoms with Gasteiger partial charge in [0.1, 0.15) is 12.4 Å². The zero-order valence-electron chi connectivity index (χ0n) is 9.88. The van der Waals surface area contributed by atoms with Crippen molar-refractivity contribution in [2.75, 3.05) is 32.2 Å². The Morgan fingerprint density at radius 2 is 2.22 bits per heavy atom. The Kier molecular flexibility index (Phi) is 5.75. The van der Waals surface area contributed by atoms with E-state index < -0.39 is 11.9 Å². The summed E-state index contributed by atoms with van der Waals surface area (Å²) in [5.41, 5.74) is 0.0561. The van der Waals surface area contributed by atoms with Gasteiger partial charge in [-0.2, -0.15) is 0 Å². The minimum atomic E-state index is -1.08. The number of carboxylic acid groups (broad SMARTS) is 1. The van der Waals surface area contributed by atoms with E-state index in [4.69, 9.17) is 14.6 Å². The Bertz CT molecular complexity index is 422. The molecule has 0 aromatic carbocycles. The summed E-state index contributed by atoms with van der Waals surface area (Å²) in [5.74, 6) is -1.30. The van der Waals surface area contributed by atoms with Gasteiger partial charge in [0, 0.05) is 13.3 Å². The predicted molar refractivity (Wildman–Crippen MR) is 62.5 cm³/mol. The maximum Gasteiger partial charge on any atom is 0.335 e. The van der Waals surface area contributed by atoms with Crippen LogP contribution in [0, 0.1) is 0 Å². The number of carboxylic acids is 1. The molecule has 0 saturated carbocycles. The SMILES string of the molecule is COCCOCC(=O)Nc1cc(C(=O)O)ccn1. The highest BCUT2D eigenvalue weighted by Gasteiger charge is 2.07. The highest BCUT2D eigenvalue weighted by atomic mass is 16.5. The average Bonchev–Trinajstić information content (AvgIpc) is 2.35. The molecule has 0 aliphatic carbocycles. The summed E-state index contributed by atoms with van der Waals surface area (Å²) in [6.45, 7) is 0.578. The average molecular weight is 254 g/mol. The molecule has 0 radical (unpaired) electrons. The molecule has 2 N–H and O–H groups in total. The number of carbonyl (C=O) groups excluding carboxylic acids is 1. The quantitative estimate of drug-likeness (QED) is 0.683. The molecule has 0 saturated heterocycles. The molecular formula is C11H14N2O5. The number of hydrogen-bond donors (Lipinski definition) is 2. The monoisotopic (exact) mass is 254 g/mol. The lowest BCUT2D eigenvalue weighted by Crippen LogP contribution is -2.20. The zero-order valence-corrected chi connectivity index (χ0v) is 9.88. The van der Waals surface area contributed by atoms with Gasteiger partial charge in [0.25, 0.3) is 5.91 Å². The van der Waals surface area contributed by atoms with E-state index in [0.29, 0.717) is 13.2 Å². The zero-order chi connectivity index (χ0) is 13.4. The molecule has 1 heterocycles. The Hall–Kier alpha value is -1.99. The van der Waals surface area contributed by atoms with Crippen molar-refractivity contribution in [3.63, 3.8) is 0 Å². The second-order valence-electron chi connectivity index (χ2n) is 3.33. The third-order valence-corrected chi connectivity index (χ3v) is 1.94. The first-order chi connectivity index (χ1) is 8.63. The Morgan fingerprint density at radius 3 is 2.89 bits per heavy atom. The number of carbonyl (C=O) groups is 2. The van der Waals surface area contributed by atoms with Crippen molar-refractivity contribution in [2.45, 2.75) is 0 Å². The first-order valence-corrected chi connectivity index (χ1v) is 5.19. The lowest BCUT2D eigenvalue weighted by atomic mass is 10.2. The van der Waals surface area contributed by atoms with Crippen LogP contribution < -0.4 is 5.32 Å². The fraction of sp³-hybridized carbons (Fsp3) is 0.364. The summed E-state index contributed by atoms with van der Waals surface area (Å²) in [6.07, 6.45) is 1.31. The molecule has 98 valence electrons. The maximum absolute atomic E-state index is 11.4. The van der Waals surface area contributed by atoms with Crippen LogP contribution in [0.25, 0.3) is 0 Å². The molecule has 0 bridgehead atoms. The Balaban J connectivity index is 2.44. The van der Waals surface area contributed by atoms with E-state index in [0.717, 1.165) is 0 Å². The molecule has 7 nitrogen and oxygen atoms in total. The Morgan fingerprint density at radius 1 is 1.44 bits per heavy atom. The number of hydrogen-bond acceptors (Lipinski definition) is 5. The molecule has 18 heavy (non-hydrogen) atoms. The van der Waals surface area contributed by atoms with Gasteiger partial charge in [-0.15, -0.1) is 0 Å². The third kappa shape index (κ3) is 4.89. The molecule has 1 rings (SSSR count). The molecule has 0 unspecified atom stereocenters. The number of anilines is 1. The van der Waals surface area contributed by atoms with Gasteiger partial charge < -0.3 is 19.9 Å². The van der Waals surface area contributed by atoms with E-state index in [1.165, 1.54) is 25.4 Å². The van der Waals surface area contributed by atoms with E-state index in [1.54, 1.807) is 0 Å². The number of nitrogens with zero attached hydrogens (tertiary/aromatic N) is 1. The standard InChI is InChI=1S/C11H14N2O5/c1-17-4-5-18-7-10(14)13-9-6-8(11(15)16)2-3-12-9/h2-3,6H,4-5,7H2,1H3,(H,15,16)(H,12,13,14). The highest BCUT2D eigenvalue weighted by Crippen LogP contribution is 2.06. The number of aromatic nitrogens is 1. The summed E-state index contributed by atoms with van der Waals surface area (Å²) in [6, 6.07) is 2.61. The van der Waals surface area contributed by atoms with Gasteiger partial charge in [-0.3, -0.25) is 4.79 Å². The van der Waals surface area contributed by atoms with Crippen molar-refractivity contribution in [1.29, 1.82) is 0 Å². The molecule has 1 amide bonds. The van der Waals surface area contributed by atoms with Gasteiger partial charge in [0.15, 0.2) is 0 Å². The van der Waals surface area contributed by atoms with Crippen LogP contribution in [0.15, 0.2) is 18.3 Å². The van der Waals surface area contributed by atoms with E-state index in [9.17, 15) is 9.59 Å². The van der Waals surface area contributed by atoms with Crippen molar-refractivity contribution >= 4 is 17.7 Å². The normalized spacial score (nSPS) is 10.1. The minimum absolute atomic E-state index is 0.0561. The van der Waals surface area contributed by atoms with E-state index in [-0.39, 0.29) is 18.0 Å². The maximum atomic E-state index is 11.4. The van der Waals surface area contributed by atoms with Crippen molar-refractivity contribution < 1.29 is 24.2 Å². The topological polar surface area (TPSA) is 97.8 Å². The molecular weight excluding hydrogens is 240 g/mol. The fourth-order valence-corrected chi connectivity index (χ4v) is 1.12. The van der Waals surface area contributed by atoms with Crippen molar-refractivity contribution in [3.05, 3.63) is 23.9 Å².